The smallest absolute Gasteiger partial charge is 0.408 e. The number of aliphatic hydroxyl groups is 1. The highest BCUT2D eigenvalue weighted by Crippen LogP contribution is 2.13. The predicted molar refractivity (Wildman–Crippen MR) is 107 cm³/mol. The number of alkyl carbamates (subject to hydrolysis) is 1. The first-order chi connectivity index (χ1) is 12.5. The summed E-state index contributed by atoms with van der Waals surface area (Å²) in [5.41, 5.74) is 1.05. The van der Waals surface area contributed by atoms with Crippen molar-refractivity contribution in [1.29, 1.82) is 0 Å². The molecule has 1 rings (SSSR count). The van der Waals surface area contributed by atoms with Crippen LogP contribution in [0, 0.1) is 5.41 Å². The number of hydrogen-bond donors (Lipinski definition) is 3. The number of amides is 2. The third kappa shape index (κ3) is 8.91. The maximum Gasteiger partial charge on any atom is 0.408 e. The van der Waals surface area contributed by atoms with Crippen LogP contribution in [0.3, 0.4) is 0 Å². The number of benzene rings is 1. The largest absolute Gasteiger partial charge is 0.444 e. The summed E-state index contributed by atoms with van der Waals surface area (Å²) >= 11 is 0. The van der Waals surface area contributed by atoms with Gasteiger partial charge in [-0.25, -0.2) is 4.79 Å². The molecule has 152 valence electrons. The fourth-order valence-electron chi connectivity index (χ4n) is 2.38. The Hall–Kier alpha value is -2.08. The molecule has 6 heteroatoms. The SMILES string of the molecule is CCc1cccc(C[C@H](NC(=O)OC(C)(C)C)C(=O)NCC(C)(C)CO)c1. The molecule has 0 aliphatic heterocycles. The molecule has 0 heterocycles. The molecular weight excluding hydrogens is 344 g/mol. The fourth-order valence-corrected chi connectivity index (χ4v) is 2.38. The summed E-state index contributed by atoms with van der Waals surface area (Å²) in [6.07, 6.45) is 0.628. The van der Waals surface area contributed by atoms with Crippen molar-refractivity contribution in [3.63, 3.8) is 0 Å². The molecule has 1 atom stereocenters. The molecule has 1 aromatic rings. The minimum Gasteiger partial charge on any atom is -0.444 e. The standard InChI is InChI=1S/C21H34N2O4/c1-7-15-9-8-10-16(11-15)12-17(23-19(26)27-20(2,3)4)18(25)22-13-21(5,6)14-24/h8-11,17,24H,7,12-14H2,1-6H3,(H,22,25)(H,23,26)/t17-/m0/s1. The monoisotopic (exact) mass is 378 g/mol. The van der Waals surface area contributed by atoms with E-state index in [4.69, 9.17) is 4.74 Å². The van der Waals surface area contributed by atoms with Gasteiger partial charge < -0.3 is 20.5 Å². The van der Waals surface area contributed by atoms with Gasteiger partial charge in [0.15, 0.2) is 0 Å². The fraction of sp³-hybridized carbons (Fsp3) is 0.619. The van der Waals surface area contributed by atoms with Crippen molar-refractivity contribution in [3.05, 3.63) is 35.4 Å². The Morgan fingerprint density at radius 3 is 2.33 bits per heavy atom. The lowest BCUT2D eigenvalue weighted by molar-refractivity contribution is -0.123. The minimum atomic E-state index is -0.763. The summed E-state index contributed by atoms with van der Waals surface area (Å²) in [5.74, 6) is -0.302. The first-order valence-electron chi connectivity index (χ1n) is 9.41. The second kappa shape index (κ2) is 9.74. The van der Waals surface area contributed by atoms with Crippen molar-refractivity contribution >= 4 is 12.0 Å². The van der Waals surface area contributed by atoms with Gasteiger partial charge in [0.25, 0.3) is 0 Å². The number of rotatable bonds is 8. The molecule has 27 heavy (non-hydrogen) atoms. The van der Waals surface area contributed by atoms with Crippen LogP contribution in [-0.2, 0) is 22.4 Å². The van der Waals surface area contributed by atoms with Crippen LogP contribution < -0.4 is 10.6 Å². The normalized spacial score (nSPS) is 13.0. The molecule has 0 bridgehead atoms. The summed E-state index contributed by atoms with van der Waals surface area (Å²) in [5, 5.41) is 14.9. The van der Waals surface area contributed by atoms with Crippen LogP contribution in [0.1, 0.15) is 52.7 Å². The summed E-state index contributed by atoms with van der Waals surface area (Å²) < 4.78 is 5.30. The van der Waals surface area contributed by atoms with E-state index in [-0.39, 0.29) is 12.5 Å². The van der Waals surface area contributed by atoms with Gasteiger partial charge in [0.2, 0.25) is 5.91 Å². The van der Waals surface area contributed by atoms with E-state index >= 15 is 0 Å². The summed E-state index contributed by atoms with van der Waals surface area (Å²) in [6.45, 7) is 11.4. The number of nitrogens with one attached hydrogen (secondary N) is 2. The van der Waals surface area contributed by atoms with Crippen LogP contribution >= 0.6 is 0 Å². The molecule has 0 aliphatic carbocycles. The number of aryl methyl sites for hydroxylation is 1. The van der Waals surface area contributed by atoms with Crippen LogP contribution in [-0.4, -0.2) is 41.9 Å². The molecule has 0 aliphatic rings. The lowest BCUT2D eigenvalue weighted by atomic mass is 9.94. The van der Waals surface area contributed by atoms with Crippen molar-refractivity contribution in [2.24, 2.45) is 5.41 Å². The maximum absolute atomic E-state index is 12.7. The van der Waals surface area contributed by atoms with E-state index in [0.29, 0.717) is 13.0 Å². The highest BCUT2D eigenvalue weighted by Gasteiger charge is 2.26. The lowest BCUT2D eigenvalue weighted by Gasteiger charge is -2.26. The second-order valence-corrected chi connectivity index (χ2v) is 8.62. The number of carbonyl (C=O) groups is 2. The van der Waals surface area contributed by atoms with Gasteiger partial charge in [-0.15, -0.1) is 0 Å². The van der Waals surface area contributed by atoms with E-state index in [0.717, 1.165) is 12.0 Å². The molecule has 2 amide bonds. The van der Waals surface area contributed by atoms with Crippen LogP contribution in [0.15, 0.2) is 24.3 Å². The molecule has 6 nitrogen and oxygen atoms in total. The van der Waals surface area contributed by atoms with Gasteiger partial charge in [-0.1, -0.05) is 45.0 Å². The van der Waals surface area contributed by atoms with Gasteiger partial charge >= 0.3 is 6.09 Å². The number of ether oxygens (including phenoxy) is 1. The van der Waals surface area contributed by atoms with E-state index in [1.807, 2.05) is 38.1 Å². The Labute approximate surface area is 162 Å². The van der Waals surface area contributed by atoms with E-state index in [1.165, 1.54) is 5.56 Å². The Morgan fingerprint density at radius 2 is 1.78 bits per heavy atom. The van der Waals surface area contributed by atoms with Crippen LogP contribution in [0.5, 0.6) is 0 Å². The van der Waals surface area contributed by atoms with Gasteiger partial charge in [0.05, 0.1) is 0 Å². The van der Waals surface area contributed by atoms with Crippen LogP contribution in [0.25, 0.3) is 0 Å². The first-order valence-corrected chi connectivity index (χ1v) is 9.41. The van der Waals surface area contributed by atoms with Crippen LogP contribution in [0.2, 0.25) is 0 Å². The van der Waals surface area contributed by atoms with Crippen molar-refractivity contribution in [3.8, 4) is 0 Å². The maximum atomic E-state index is 12.7. The van der Waals surface area contributed by atoms with Gasteiger partial charge in [-0.05, 0) is 38.3 Å². The zero-order chi connectivity index (χ0) is 20.7. The molecule has 0 fully saturated rings. The summed E-state index contributed by atoms with van der Waals surface area (Å²) in [6, 6.07) is 7.19. The van der Waals surface area contributed by atoms with Gasteiger partial charge in [-0.3, -0.25) is 4.79 Å². The van der Waals surface area contributed by atoms with Crippen molar-refractivity contribution in [2.75, 3.05) is 13.2 Å². The van der Waals surface area contributed by atoms with Crippen LogP contribution in [0.4, 0.5) is 4.79 Å². The molecule has 3 N–H and O–H groups in total. The Balaban J connectivity index is 2.90. The third-order valence-electron chi connectivity index (χ3n) is 4.02. The molecular formula is C21H34N2O4. The van der Waals surface area contributed by atoms with Crippen molar-refractivity contribution in [1.82, 2.24) is 10.6 Å². The summed E-state index contributed by atoms with van der Waals surface area (Å²) in [4.78, 5) is 24.9. The van der Waals surface area contributed by atoms with Crippen molar-refractivity contribution < 1.29 is 19.4 Å². The Kier molecular flexibility index (Phi) is 8.28. The first kappa shape index (κ1) is 23.0. The zero-order valence-electron chi connectivity index (χ0n) is 17.4. The van der Waals surface area contributed by atoms with E-state index in [2.05, 4.69) is 17.6 Å². The van der Waals surface area contributed by atoms with Gasteiger partial charge in [0, 0.05) is 25.0 Å². The molecule has 1 aromatic carbocycles. The molecule has 0 spiro atoms. The zero-order valence-corrected chi connectivity index (χ0v) is 17.4. The quantitative estimate of drug-likeness (QED) is 0.649. The average molecular weight is 379 g/mol. The van der Waals surface area contributed by atoms with Gasteiger partial charge in [-0.2, -0.15) is 0 Å². The van der Waals surface area contributed by atoms with E-state index < -0.39 is 23.2 Å². The predicted octanol–water partition coefficient (Wildman–Crippen LogP) is 2.82. The van der Waals surface area contributed by atoms with Crippen molar-refractivity contribution in [2.45, 2.75) is 66.0 Å². The third-order valence-corrected chi connectivity index (χ3v) is 4.02. The topological polar surface area (TPSA) is 87.7 Å². The second-order valence-electron chi connectivity index (χ2n) is 8.62. The molecule has 0 saturated heterocycles. The number of aliphatic hydroxyl groups excluding tert-OH is 1. The lowest BCUT2D eigenvalue weighted by Crippen LogP contribution is -2.51. The van der Waals surface area contributed by atoms with Gasteiger partial charge in [0.1, 0.15) is 11.6 Å². The summed E-state index contributed by atoms with van der Waals surface area (Å²) in [7, 11) is 0. The Morgan fingerprint density at radius 1 is 1.15 bits per heavy atom. The minimum absolute atomic E-state index is 0.0456. The van der Waals surface area contributed by atoms with E-state index in [9.17, 15) is 14.7 Å². The molecule has 0 aromatic heterocycles. The van der Waals surface area contributed by atoms with E-state index in [1.54, 1.807) is 20.8 Å². The average Bonchev–Trinajstić information content (AvgIpc) is 2.57. The number of carbonyl (C=O) groups excluding carboxylic acids is 2. The highest BCUT2D eigenvalue weighted by atomic mass is 16.6. The molecule has 0 saturated carbocycles. The Bertz CT molecular complexity index is 635. The number of hydrogen-bond acceptors (Lipinski definition) is 4. The molecule has 0 radical (unpaired) electrons. The highest BCUT2D eigenvalue weighted by molar-refractivity contribution is 5.86. The molecule has 0 unspecified atom stereocenters.